The summed E-state index contributed by atoms with van der Waals surface area (Å²) >= 11 is 0. The first-order valence-corrected chi connectivity index (χ1v) is 12.1. The van der Waals surface area contributed by atoms with E-state index >= 15 is 0 Å². The van der Waals surface area contributed by atoms with Gasteiger partial charge in [0.05, 0.1) is 12.2 Å². The molecule has 0 radical (unpaired) electrons. The number of hydrogen-bond donors (Lipinski definition) is 3. The van der Waals surface area contributed by atoms with Gasteiger partial charge in [-0.25, -0.2) is 13.8 Å². The van der Waals surface area contributed by atoms with E-state index in [0.717, 1.165) is 24.3 Å². The first-order chi connectivity index (χ1) is 19.2. The third-order valence-electron chi connectivity index (χ3n) is 7.05. The Bertz CT molecular complexity index is 1700. The van der Waals surface area contributed by atoms with Crippen LogP contribution in [0.2, 0.25) is 0 Å². The van der Waals surface area contributed by atoms with Gasteiger partial charge >= 0.3 is 6.18 Å². The summed E-state index contributed by atoms with van der Waals surface area (Å²) in [5.41, 5.74) is -1.30. The summed E-state index contributed by atoms with van der Waals surface area (Å²) in [5, 5.41) is 13.3. The van der Waals surface area contributed by atoms with E-state index in [1.807, 2.05) is 5.32 Å². The number of aliphatic hydroxyl groups is 1. The number of amides is 2. The largest absolute Gasteiger partial charge is 0.489 e. The number of aromatic nitrogens is 2. The summed E-state index contributed by atoms with van der Waals surface area (Å²) in [6.07, 6.45) is -4.06. The molecule has 4 aromatic rings. The average molecular weight is 572 g/mol. The minimum absolute atomic E-state index is 0.0359. The van der Waals surface area contributed by atoms with Crippen LogP contribution in [0.25, 0.3) is 22.2 Å². The van der Waals surface area contributed by atoms with Crippen LogP contribution in [0.15, 0.2) is 60.8 Å². The van der Waals surface area contributed by atoms with E-state index in [9.17, 15) is 36.6 Å². The van der Waals surface area contributed by atoms with Gasteiger partial charge in [-0.2, -0.15) is 13.2 Å². The monoisotopic (exact) mass is 572 g/mol. The number of carbonyl (C=O) groups excluding carboxylic acids is 2. The minimum atomic E-state index is -5.40. The highest BCUT2D eigenvalue weighted by molar-refractivity contribution is 5.98. The van der Waals surface area contributed by atoms with Gasteiger partial charge in [-0.1, -0.05) is 6.07 Å². The summed E-state index contributed by atoms with van der Waals surface area (Å²) in [5.74, 6) is -3.57. The molecule has 2 aromatic heterocycles. The number of halogens is 5. The molecule has 2 aromatic carbocycles. The Balaban J connectivity index is 1.59. The number of alkyl halides is 3. The number of rotatable bonds is 6. The Labute approximate surface area is 229 Å². The van der Waals surface area contributed by atoms with Crippen molar-refractivity contribution in [2.75, 3.05) is 13.2 Å². The molecule has 1 aliphatic heterocycles. The molecule has 13 heteroatoms. The number of ether oxygens (including phenoxy) is 1. The smallest absolute Gasteiger partial charge is 0.424 e. The van der Waals surface area contributed by atoms with Crippen molar-refractivity contribution in [3.63, 3.8) is 0 Å². The van der Waals surface area contributed by atoms with Crippen LogP contribution >= 0.6 is 0 Å². The maximum Gasteiger partial charge on any atom is 0.424 e. The lowest BCUT2D eigenvalue weighted by atomic mass is 9.81. The predicted molar refractivity (Wildman–Crippen MR) is 136 cm³/mol. The van der Waals surface area contributed by atoms with E-state index in [-0.39, 0.29) is 45.6 Å². The van der Waals surface area contributed by atoms with Crippen LogP contribution in [0.1, 0.15) is 28.5 Å². The maximum absolute atomic E-state index is 14.5. The first kappa shape index (κ1) is 27.9. The van der Waals surface area contributed by atoms with Crippen molar-refractivity contribution < 1.29 is 41.4 Å². The van der Waals surface area contributed by atoms with Gasteiger partial charge in [0.2, 0.25) is 11.5 Å². The van der Waals surface area contributed by atoms with E-state index in [1.165, 1.54) is 43.5 Å². The molecule has 4 N–H and O–H groups in total. The molecule has 41 heavy (non-hydrogen) atoms. The lowest BCUT2D eigenvalue weighted by molar-refractivity contribution is -0.265. The highest BCUT2D eigenvalue weighted by Crippen LogP contribution is 2.47. The van der Waals surface area contributed by atoms with Crippen molar-refractivity contribution in [3.8, 4) is 17.0 Å². The molecule has 5 rings (SSSR count). The van der Waals surface area contributed by atoms with Crippen molar-refractivity contribution in [1.29, 1.82) is 0 Å². The van der Waals surface area contributed by atoms with Gasteiger partial charge in [-0.15, -0.1) is 0 Å². The van der Waals surface area contributed by atoms with Gasteiger partial charge in [-0.05, 0) is 55.5 Å². The molecule has 8 nitrogen and oxygen atoms in total. The SMILES string of the molecule is C[C@]1(C(N)=O)COc2c1cc([C@@](O)(CNC(=O)c1cc(F)c3ncccc3c1)C(F)(F)F)nc2-c1ccc(F)cc1. The number of nitrogens with two attached hydrogens (primary N) is 1. The third-order valence-corrected chi connectivity index (χ3v) is 7.05. The van der Waals surface area contributed by atoms with E-state index in [0.29, 0.717) is 0 Å². The molecule has 0 spiro atoms. The van der Waals surface area contributed by atoms with Crippen LogP contribution in [0.4, 0.5) is 22.0 Å². The van der Waals surface area contributed by atoms with Crippen molar-refractivity contribution in [2.45, 2.75) is 24.1 Å². The average Bonchev–Trinajstić information content (AvgIpc) is 3.28. The van der Waals surface area contributed by atoms with Crippen LogP contribution in [0.5, 0.6) is 5.75 Å². The second-order valence-corrected chi connectivity index (χ2v) is 9.80. The van der Waals surface area contributed by atoms with Crippen molar-refractivity contribution >= 4 is 22.7 Å². The zero-order valence-corrected chi connectivity index (χ0v) is 21.2. The topological polar surface area (TPSA) is 127 Å². The second kappa shape index (κ2) is 9.77. The van der Waals surface area contributed by atoms with E-state index in [1.54, 1.807) is 0 Å². The van der Waals surface area contributed by atoms with Gasteiger partial charge in [0.25, 0.3) is 5.91 Å². The van der Waals surface area contributed by atoms with Gasteiger partial charge in [0, 0.05) is 28.3 Å². The summed E-state index contributed by atoms with van der Waals surface area (Å²) in [6, 6.07) is 10.4. The van der Waals surface area contributed by atoms with E-state index in [2.05, 4.69) is 9.97 Å². The first-order valence-electron chi connectivity index (χ1n) is 12.1. The molecular weight excluding hydrogens is 551 g/mol. The molecule has 0 saturated carbocycles. The Hall–Kier alpha value is -4.65. The lowest BCUT2D eigenvalue weighted by Gasteiger charge is -2.31. The number of carbonyl (C=O) groups is 2. The fourth-order valence-electron chi connectivity index (χ4n) is 4.53. The lowest BCUT2D eigenvalue weighted by Crippen LogP contribution is -2.51. The van der Waals surface area contributed by atoms with Crippen molar-refractivity contribution in [2.24, 2.45) is 5.73 Å². The summed E-state index contributed by atoms with van der Waals surface area (Å²) in [4.78, 5) is 33.0. The summed E-state index contributed by atoms with van der Waals surface area (Å²) in [6.45, 7) is -0.387. The molecule has 3 heterocycles. The number of benzene rings is 2. The Morgan fingerprint density at radius 3 is 2.49 bits per heavy atom. The Morgan fingerprint density at radius 2 is 1.83 bits per heavy atom. The number of fused-ring (bicyclic) bond motifs is 2. The summed E-state index contributed by atoms with van der Waals surface area (Å²) < 4.78 is 77.3. The molecule has 2 amide bonds. The van der Waals surface area contributed by atoms with Crippen LogP contribution in [-0.2, 0) is 15.8 Å². The zero-order valence-electron chi connectivity index (χ0n) is 21.2. The predicted octanol–water partition coefficient (Wildman–Crippen LogP) is 3.89. The molecule has 2 atom stereocenters. The fourth-order valence-corrected chi connectivity index (χ4v) is 4.53. The molecule has 212 valence electrons. The van der Waals surface area contributed by atoms with Gasteiger partial charge in [-0.3, -0.25) is 14.6 Å². The Morgan fingerprint density at radius 1 is 1.12 bits per heavy atom. The normalized spacial score (nSPS) is 17.9. The van der Waals surface area contributed by atoms with Crippen LogP contribution in [0.3, 0.4) is 0 Å². The van der Waals surface area contributed by atoms with Crippen LogP contribution in [0, 0.1) is 11.6 Å². The number of nitrogens with zero attached hydrogens (tertiary/aromatic N) is 2. The zero-order chi connectivity index (χ0) is 29.7. The number of primary amides is 1. The maximum atomic E-state index is 14.5. The quantitative estimate of drug-likeness (QED) is 0.301. The third kappa shape index (κ3) is 4.71. The van der Waals surface area contributed by atoms with Crippen molar-refractivity contribution in [3.05, 3.63) is 89.2 Å². The highest BCUT2D eigenvalue weighted by atomic mass is 19.4. The Kier molecular flexibility index (Phi) is 6.65. The fraction of sp³-hybridized carbons (Fsp3) is 0.214. The highest BCUT2D eigenvalue weighted by Gasteiger charge is 2.57. The van der Waals surface area contributed by atoms with Crippen LogP contribution < -0.4 is 15.8 Å². The van der Waals surface area contributed by atoms with Crippen molar-refractivity contribution in [1.82, 2.24) is 15.3 Å². The molecule has 1 aliphatic rings. The molecular formula is C28H21F5N4O4. The second-order valence-electron chi connectivity index (χ2n) is 9.80. The minimum Gasteiger partial charge on any atom is -0.489 e. The van der Waals surface area contributed by atoms with Gasteiger partial charge in [0.1, 0.15) is 40.6 Å². The van der Waals surface area contributed by atoms with Gasteiger partial charge in [0.15, 0.2) is 0 Å². The number of pyridine rings is 2. The number of nitrogens with one attached hydrogen (secondary N) is 1. The summed E-state index contributed by atoms with van der Waals surface area (Å²) in [7, 11) is 0. The number of hydrogen-bond acceptors (Lipinski definition) is 6. The molecule has 0 saturated heterocycles. The molecule has 0 aliphatic carbocycles. The van der Waals surface area contributed by atoms with E-state index < -0.39 is 52.9 Å². The molecule has 0 unspecified atom stereocenters. The van der Waals surface area contributed by atoms with Crippen LogP contribution in [-0.4, -0.2) is 46.2 Å². The van der Waals surface area contributed by atoms with Gasteiger partial charge < -0.3 is 20.9 Å². The molecule has 0 fully saturated rings. The van der Waals surface area contributed by atoms with E-state index in [4.69, 9.17) is 10.5 Å². The standard InChI is InChI=1S/C28H21F5N4O4/c1-26(25(34)39)13-41-23-18(26)11-20(37-22(23)14-4-6-17(29)7-5-14)27(40,28(31,32)33)12-36-24(38)16-9-15-3-2-8-35-21(15)19(30)10-16/h2-11,40H,12-13H2,1H3,(H2,34,39)(H,36,38)/t26-,27-/m0/s1. The molecule has 0 bridgehead atoms.